The van der Waals surface area contributed by atoms with Gasteiger partial charge in [0, 0.05) is 27.0 Å². The van der Waals surface area contributed by atoms with Crippen LogP contribution < -0.4 is 0 Å². The Kier molecular flexibility index (Phi) is 5.30. The van der Waals surface area contributed by atoms with Crippen LogP contribution in [0.15, 0.2) is 6.20 Å². The Bertz CT molecular complexity index is 559. The van der Waals surface area contributed by atoms with Crippen molar-refractivity contribution in [1.29, 1.82) is 0 Å². The van der Waals surface area contributed by atoms with E-state index in [1.165, 1.54) is 14.0 Å². The van der Waals surface area contributed by atoms with Crippen molar-refractivity contribution in [2.24, 2.45) is 0 Å². The average molecular weight is 335 g/mol. The highest BCUT2D eigenvalue weighted by Gasteiger charge is 2.37. The predicted molar refractivity (Wildman–Crippen MR) is 75.1 cm³/mol. The molecule has 0 radical (unpaired) electrons. The molecule has 0 aliphatic carbocycles. The lowest BCUT2D eigenvalue weighted by Gasteiger charge is -2.23. The van der Waals surface area contributed by atoms with Gasteiger partial charge in [-0.3, -0.25) is 9.48 Å². The Morgan fingerprint density at radius 1 is 1.43 bits per heavy atom. The van der Waals surface area contributed by atoms with Crippen molar-refractivity contribution in [2.45, 2.75) is 38.2 Å². The minimum Gasteiger partial charge on any atom is -0.383 e. The number of amides is 1. The molecule has 0 spiro atoms. The molecule has 6 nitrogen and oxygen atoms in total. The van der Waals surface area contributed by atoms with Crippen molar-refractivity contribution in [1.82, 2.24) is 14.7 Å². The van der Waals surface area contributed by atoms with Gasteiger partial charge in [-0.25, -0.2) is 0 Å². The third-order valence-electron chi connectivity index (χ3n) is 3.85. The minimum atomic E-state index is -4.38. The number of hydrogen-bond donors (Lipinski definition) is 0. The number of hydrogen-bond acceptors (Lipinski definition) is 4. The van der Waals surface area contributed by atoms with E-state index in [1.54, 1.807) is 12.0 Å². The van der Waals surface area contributed by atoms with E-state index in [2.05, 4.69) is 5.10 Å². The second-order valence-electron chi connectivity index (χ2n) is 5.60. The fourth-order valence-electron chi connectivity index (χ4n) is 2.79. The van der Waals surface area contributed by atoms with Crippen LogP contribution in [0.3, 0.4) is 0 Å². The van der Waals surface area contributed by atoms with Crippen molar-refractivity contribution in [3.63, 3.8) is 0 Å². The molecule has 0 unspecified atom stereocenters. The van der Waals surface area contributed by atoms with Gasteiger partial charge < -0.3 is 14.4 Å². The summed E-state index contributed by atoms with van der Waals surface area (Å²) in [5, 5.41) is 3.79. The van der Waals surface area contributed by atoms with Gasteiger partial charge in [0.1, 0.15) is 6.54 Å². The number of aromatic nitrogens is 2. The van der Waals surface area contributed by atoms with Crippen molar-refractivity contribution < 1.29 is 27.4 Å². The average Bonchev–Trinajstić information content (AvgIpc) is 3.00. The molecule has 1 aliphatic rings. The summed E-state index contributed by atoms with van der Waals surface area (Å²) in [5.74, 6) is -0.350. The molecule has 130 valence electrons. The van der Waals surface area contributed by atoms with E-state index in [-0.39, 0.29) is 29.3 Å². The van der Waals surface area contributed by atoms with E-state index in [0.29, 0.717) is 19.6 Å². The lowest BCUT2D eigenvalue weighted by Crippen LogP contribution is -2.38. The monoisotopic (exact) mass is 335 g/mol. The molecule has 9 heteroatoms. The maximum Gasteiger partial charge on any atom is 0.408 e. The molecule has 0 aromatic carbocycles. The van der Waals surface area contributed by atoms with Gasteiger partial charge >= 0.3 is 6.18 Å². The molecule has 1 aliphatic heterocycles. The number of likely N-dealkylation sites (tertiary alicyclic amines) is 1. The molecule has 1 fully saturated rings. The summed E-state index contributed by atoms with van der Waals surface area (Å²) in [4.78, 5) is 14.3. The molecule has 2 rings (SSSR count). The number of rotatable bonds is 5. The van der Waals surface area contributed by atoms with Crippen LogP contribution in [0.5, 0.6) is 0 Å². The zero-order valence-corrected chi connectivity index (χ0v) is 13.3. The van der Waals surface area contributed by atoms with E-state index in [4.69, 9.17) is 9.47 Å². The van der Waals surface area contributed by atoms with E-state index in [9.17, 15) is 18.0 Å². The molecule has 0 N–H and O–H groups in total. The molecule has 2 heterocycles. The SMILES string of the molecule is COC[C@@H]1C[C@@H](OC)CN1C(=O)c1cn(CC(F)(F)F)nc1C. The molecule has 1 amide bonds. The first-order valence-corrected chi connectivity index (χ1v) is 7.18. The topological polar surface area (TPSA) is 56.6 Å². The summed E-state index contributed by atoms with van der Waals surface area (Å²) in [6.45, 7) is 1.03. The molecule has 1 aromatic rings. The zero-order chi connectivity index (χ0) is 17.2. The van der Waals surface area contributed by atoms with Crippen LogP contribution in [0.1, 0.15) is 22.5 Å². The van der Waals surface area contributed by atoms with Gasteiger partial charge in [0.15, 0.2) is 0 Å². The third kappa shape index (κ3) is 4.23. The van der Waals surface area contributed by atoms with Crippen LogP contribution in [0.4, 0.5) is 13.2 Å². The molecular formula is C14H20F3N3O3. The molecule has 2 atom stereocenters. The predicted octanol–water partition coefficient (Wildman–Crippen LogP) is 1.63. The summed E-state index contributed by atoms with van der Waals surface area (Å²) in [6.07, 6.45) is -2.71. The normalized spacial score (nSPS) is 21.9. The maximum absolute atomic E-state index is 12.7. The van der Waals surface area contributed by atoms with Crippen molar-refractivity contribution in [3.8, 4) is 0 Å². The van der Waals surface area contributed by atoms with Gasteiger partial charge in [0.05, 0.1) is 30.0 Å². The van der Waals surface area contributed by atoms with Crippen LogP contribution in [-0.2, 0) is 16.0 Å². The highest BCUT2D eigenvalue weighted by atomic mass is 19.4. The first kappa shape index (κ1) is 17.7. The van der Waals surface area contributed by atoms with E-state index >= 15 is 0 Å². The lowest BCUT2D eigenvalue weighted by molar-refractivity contribution is -0.142. The molecular weight excluding hydrogens is 315 g/mol. The highest BCUT2D eigenvalue weighted by molar-refractivity contribution is 5.95. The zero-order valence-electron chi connectivity index (χ0n) is 13.3. The number of ether oxygens (including phenoxy) is 2. The first-order valence-electron chi connectivity index (χ1n) is 7.18. The number of carbonyl (C=O) groups is 1. The number of alkyl halides is 3. The minimum absolute atomic E-state index is 0.107. The van der Waals surface area contributed by atoms with Crippen LogP contribution in [0.25, 0.3) is 0 Å². The Balaban J connectivity index is 2.18. The summed E-state index contributed by atoms with van der Waals surface area (Å²) in [5.41, 5.74) is 0.448. The second kappa shape index (κ2) is 6.88. The van der Waals surface area contributed by atoms with E-state index in [1.807, 2.05) is 0 Å². The standard InChI is InChI=1S/C14H20F3N3O3/c1-9-12(6-19(18-9)8-14(15,16)17)13(21)20-5-11(23-3)4-10(20)7-22-2/h6,10-11H,4-5,7-8H2,1-3H3/t10-,11+/m0/s1. The number of nitrogens with zero attached hydrogens (tertiary/aromatic N) is 3. The highest BCUT2D eigenvalue weighted by Crippen LogP contribution is 2.24. The van der Waals surface area contributed by atoms with E-state index < -0.39 is 12.7 Å². The largest absolute Gasteiger partial charge is 0.408 e. The Morgan fingerprint density at radius 3 is 2.70 bits per heavy atom. The second-order valence-corrected chi connectivity index (χ2v) is 5.60. The lowest BCUT2D eigenvalue weighted by atomic mass is 10.2. The fourth-order valence-corrected chi connectivity index (χ4v) is 2.79. The summed E-state index contributed by atoms with van der Waals surface area (Å²) in [6, 6.07) is -0.164. The van der Waals surface area contributed by atoms with Crippen molar-refractivity contribution >= 4 is 5.91 Å². The van der Waals surface area contributed by atoms with Gasteiger partial charge in [0.25, 0.3) is 5.91 Å². The summed E-state index contributed by atoms with van der Waals surface area (Å²) < 4.78 is 48.5. The van der Waals surface area contributed by atoms with Crippen molar-refractivity contribution in [2.75, 3.05) is 27.4 Å². The maximum atomic E-state index is 12.7. The number of aryl methyl sites for hydroxylation is 1. The molecule has 23 heavy (non-hydrogen) atoms. The number of carbonyl (C=O) groups excluding carboxylic acids is 1. The van der Waals surface area contributed by atoms with Crippen LogP contribution in [0.2, 0.25) is 0 Å². The van der Waals surface area contributed by atoms with Gasteiger partial charge in [-0.05, 0) is 13.3 Å². The number of methoxy groups -OCH3 is 2. The van der Waals surface area contributed by atoms with Crippen LogP contribution >= 0.6 is 0 Å². The Morgan fingerprint density at radius 2 is 2.13 bits per heavy atom. The van der Waals surface area contributed by atoms with Crippen LogP contribution in [0, 0.1) is 6.92 Å². The summed E-state index contributed by atoms with van der Waals surface area (Å²) >= 11 is 0. The van der Waals surface area contributed by atoms with Gasteiger partial charge in [-0.15, -0.1) is 0 Å². The first-order chi connectivity index (χ1) is 10.7. The Hall–Kier alpha value is -1.61. The van der Waals surface area contributed by atoms with E-state index in [0.717, 1.165) is 10.9 Å². The number of halogens is 3. The molecule has 0 bridgehead atoms. The molecule has 0 saturated carbocycles. The van der Waals surface area contributed by atoms with Crippen LogP contribution in [-0.4, -0.2) is 66.3 Å². The van der Waals surface area contributed by atoms with Crippen molar-refractivity contribution in [3.05, 3.63) is 17.5 Å². The van der Waals surface area contributed by atoms with Gasteiger partial charge in [-0.1, -0.05) is 0 Å². The fraction of sp³-hybridized carbons (Fsp3) is 0.714. The Labute approximate surface area is 132 Å². The van der Waals surface area contributed by atoms with Gasteiger partial charge in [-0.2, -0.15) is 18.3 Å². The smallest absolute Gasteiger partial charge is 0.383 e. The quantitative estimate of drug-likeness (QED) is 0.821. The third-order valence-corrected chi connectivity index (χ3v) is 3.85. The summed E-state index contributed by atoms with van der Waals surface area (Å²) in [7, 11) is 3.10. The van der Waals surface area contributed by atoms with Gasteiger partial charge in [0.2, 0.25) is 0 Å². The molecule has 1 saturated heterocycles. The molecule has 1 aromatic heterocycles.